The van der Waals surface area contributed by atoms with E-state index in [0.29, 0.717) is 15.8 Å². The molecule has 1 N–H and O–H groups in total. The number of alkyl halides is 3. The largest absolute Gasteiger partial charge is 0.497 e. The summed E-state index contributed by atoms with van der Waals surface area (Å²) in [6.45, 7) is 1.83. The first-order chi connectivity index (χ1) is 15.2. The molecule has 0 saturated heterocycles. The Bertz CT molecular complexity index is 1320. The van der Waals surface area contributed by atoms with Crippen molar-refractivity contribution in [2.45, 2.75) is 13.1 Å². The molecule has 32 heavy (non-hydrogen) atoms. The summed E-state index contributed by atoms with van der Waals surface area (Å²) in [6.07, 6.45) is -4.76. The molecule has 0 radical (unpaired) electrons. The average molecular weight is 462 g/mol. The molecule has 2 aromatic heterocycles. The molecule has 4 rings (SSSR count). The number of halogens is 4. The lowest BCUT2D eigenvalue weighted by Gasteiger charge is -2.10. The maximum atomic E-state index is 13.7. The van der Waals surface area contributed by atoms with Crippen LogP contribution in [0.4, 0.5) is 18.9 Å². The molecule has 4 aromatic rings. The molecule has 0 unspecified atom stereocenters. The molecule has 0 fully saturated rings. The van der Waals surface area contributed by atoms with Crippen LogP contribution in [0.25, 0.3) is 17.0 Å². The van der Waals surface area contributed by atoms with Gasteiger partial charge in [-0.3, -0.25) is 4.79 Å². The van der Waals surface area contributed by atoms with Crippen molar-refractivity contribution in [3.05, 3.63) is 70.6 Å². The number of nitrogens with zero attached hydrogens (tertiary/aromatic N) is 4. The van der Waals surface area contributed by atoms with Crippen molar-refractivity contribution in [2.75, 3.05) is 12.4 Å². The molecule has 11 heteroatoms. The molecule has 0 aliphatic heterocycles. The van der Waals surface area contributed by atoms with E-state index < -0.39 is 23.6 Å². The van der Waals surface area contributed by atoms with Gasteiger partial charge < -0.3 is 10.1 Å². The lowest BCUT2D eigenvalue weighted by molar-refractivity contribution is -0.142. The Morgan fingerprint density at radius 2 is 1.81 bits per heavy atom. The smallest absolute Gasteiger partial charge is 0.433 e. The van der Waals surface area contributed by atoms with Crippen LogP contribution in [0.1, 0.15) is 21.9 Å². The number of benzene rings is 2. The highest BCUT2D eigenvalue weighted by molar-refractivity contribution is 6.34. The zero-order valence-corrected chi connectivity index (χ0v) is 17.5. The fourth-order valence-corrected chi connectivity index (χ4v) is 3.26. The number of ether oxygens (including phenoxy) is 1. The van der Waals surface area contributed by atoms with E-state index in [-0.39, 0.29) is 22.2 Å². The first-order valence-corrected chi connectivity index (χ1v) is 9.60. The van der Waals surface area contributed by atoms with Crippen LogP contribution in [0.15, 0.2) is 48.5 Å². The van der Waals surface area contributed by atoms with Gasteiger partial charge in [0.1, 0.15) is 5.75 Å². The molecule has 0 aliphatic rings. The van der Waals surface area contributed by atoms with E-state index in [1.165, 1.54) is 7.11 Å². The van der Waals surface area contributed by atoms with Crippen LogP contribution in [0, 0.1) is 6.92 Å². The van der Waals surface area contributed by atoms with Crippen molar-refractivity contribution in [2.24, 2.45) is 0 Å². The maximum Gasteiger partial charge on any atom is 0.433 e. The van der Waals surface area contributed by atoms with E-state index in [9.17, 15) is 18.0 Å². The van der Waals surface area contributed by atoms with Crippen molar-refractivity contribution in [1.29, 1.82) is 0 Å². The molecule has 0 atom stereocenters. The van der Waals surface area contributed by atoms with Crippen molar-refractivity contribution >= 4 is 29.0 Å². The number of hydrogen-bond acceptors (Lipinski definition) is 5. The highest BCUT2D eigenvalue weighted by Gasteiger charge is 2.36. The fraction of sp³-hybridized carbons (Fsp3) is 0.143. The SMILES string of the molecule is COc1ccc(-c2cc(C(F)(F)F)n3nc(C(=O)Nc4ccc(C)cc4Cl)nc3n2)cc1. The second kappa shape index (κ2) is 8.12. The summed E-state index contributed by atoms with van der Waals surface area (Å²) in [5.74, 6) is -1.13. The van der Waals surface area contributed by atoms with Crippen LogP contribution in [0.5, 0.6) is 5.75 Å². The molecular weight excluding hydrogens is 447 g/mol. The van der Waals surface area contributed by atoms with Gasteiger partial charge in [-0.2, -0.15) is 22.7 Å². The number of methoxy groups -OCH3 is 1. The normalized spacial score (nSPS) is 11.6. The van der Waals surface area contributed by atoms with E-state index in [0.717, 1.165) is 11.6 Å². The summed E-state index contributed by atoms with van der Waals surface area (Å²) in [5, 5.41) is 6.51. The molecule has 0 bridgehead atoms. The third-order valence-corrected chi connectivity index (χ3v) is 4.88. The molecule has 0 saturated carbocycles. The van der Waals surface area contributed by atoms with Crippen molar-refractivity contribution in [3.8, 4) is 17.0 Å². The molecule has 0 aliphatic carbocycles. The minimum atomic E-state index is -4.76. The number of anilines is 1. The number of aryl methyl sites for hydroxylation is 1. The summed E-state index contributed by atoms with van der Waals surface area (Å²) < 4.78 is 46.7. The second-order valence-corrected chi connectivity index (χ2v) is 7.24. The van der Waals surface area contributed by atoms with Crippen LogP contribution in [0.2, 0.25) is 5.02 Å². The Hall–Kier alpha value is -3.66. The third kappa shape index (κ3) is 4.22. The summed E-state index contributed by atoms with van der Waals surface area (Å²) >= 11 is 6.10. The van der Waals surface area contributed by atoms with Gasteiger partial charge in [-0.05, 0) is 55.0 Å². The Labute approximate surface area is 184 Å². The van der Waals surface area contributed by atoms with Gasteiger partial charge in [-0.15, -0.1) is 5.10 Å². The number of fused-ring (bicyclic) bond motifs is 1. The minimum Gasteiger partial charge on any atom is -0.497 e. The van der Waals surface area contributed by atoms with Crippen LogP contribution >= 0.6 is 11.6 Å². The van der Waals surface area contributed by atoms with Gasteiger partial charge in [0.05, 0.1) is 23.5 Å². The van der Waals surface area contributed by atoms with Crippen LogP contribution in [-0.4, -0.2) is 32.6 Å². The number of rotatable bonds is 4. The van der Waals surface area contributed by atoms with E-state index in [1.54, 1.807) is 42.5 Å². The maximum absolute atomic E-state index is 13.7. The predicted octanol–water partition coefficient (Wildman–Crippen LogP) is 5.03. The van der Waals surface area contributed by atoms with Gasteiger partial charge in [-0.1, -0.05) is 17.7 Å². The lowest BCUT2D eigenvalue weighted by atomic mass is 10.1. The van der Waals surface area contributed by atoms with E-state index in [4.69, 9.17) is 16.3 Å². The highest BCUT2D eigenvalue weighted by Crippen LogP contribution is 2.32. The highest BCUT2D eigenvalue weighted by atomic mass is 35.5. The Morgan fingerprint density at radius 3 is 2.44 bits per heavy atom. The van der Waals surface area contributed by atoms with E-state index >= 15 is 0 Å². The summed E-state index contributed by atoms with van der Waals surface area (Å²) in [7, 11) is 1.48. The first kappa shape index (κ1) is 21.6. The van der Waals surface area contributed by atoms with E-state index in [2.05, 4.69) is 20.4 Å². The quantitative estimate of drug-likeness (QED) is 0.461. The zero-order valence-electron chi connectivity index (χ0n) is 16.7. The van der Waals surface area contributed by atoms with E-state index in [1.807, 2.05) is 6.92 Å². The van der Waals surface area contributed by atoms with Gasteiger partial charge in [0.2, 0.25) is 5.82 Å². The van der Waals surface area contributed by atoms with Crippen LogP contribution in [0.3, 0.4) is 0 Å². The monoisotopic (exact) mass is 461 g/mol. The number of amides is 1. The predicted molar refractivity (Wildman–Crippen MR) is 112 cm³/mol. The van der Waals surface area contributed by atoms with Gasteiger partial charge in [0.15, 0.2) is 5.69 Å². The Kier molecular flexibility index (Phi) is 5.47. The molecule has 164 valence electrons. The number of carbonyl (C=O) groups is 1. The molecular formula is C21H15ClF3N5O2. The van der Waals surface area contributed by atoms with Crippen LogP contribution < -0.4 is 10.1 Å². The van der Waals surface area contributed by atoms with Gasteiger partial charge in [0, 0.05) is 5.56 Å². The number of carbonyl (C=O) groups excluding carboxylic acids is 1. The van der Waals surface area contributed by atoms with Crippen molar-refractivity contribution in [3.63, 3.8) is 0 Å². The molecule has 2 heterocycles. The van der Waals surface area contributed by atoms with Crippen molar-refractivity contribution in [1.82, 2.24) is 19.6 Å². The number of nitrogens with one attached hydrogen (secondary N) is 1. The Balaban J connectivity index is 1.76. The minimum absolute atomic E-state index is 0.0217. The topological polar surface area (TPSA) is 81.4 Å². The summed E-state index contributed by atoms with van der Waals surface area (Å²) in [6, 6.07) is 12.1. The average Bonchev–Trinajstić information content (AvgIpc) is 3.18. The zero-order chi connectivity index (χ0) is 23.0. The molecule has 1 amide bonds. The second-order valence-electron chi connectivity index (χ2n) is 6.84. The van der Waals surface area contributed by atoms with Crippen molar-refractivity contribution < 1.29 is 22.7 Å². The summed E-state index contributed by atoms with van der Waals surface area (Å²) in [5.41, 5.74) is 0.480. The first-order valence-electron chi connectivity index (χ1n) is 9.22. The molecule has 2 aromatic carbocycles. The van der Waals surface area contributed by atoms with Crippen LogP contribution in [-0.2, 0) is 6.18 Å². The molecule has 7 nitrogen and oxygen atoms in total. The van der Waals surface area contributed by atoms with Gasteiger partial charge >= 0.3 is 6.18 Å². The number of aromatic nitrogens is 4. The summed E-state index contributed by atoms with van der Waals surface area (Å²) in [4.78, 5) is 20.6. The van der Waals surface area contributed by atoms with Gasteiger partial charge in [-0.25, -0.2) is 4.98 Å². The third-order valence-electron chi connectivity index (χ3n) is 4.56. The molecule has 0 spiro atoms. The standard InChI is InChI=1S/C21H15ClF3N5O2/c1-11-3-8-15(14(22)9-11)26-19(31)18-28-20-27-16(12-4-6-13(32-2)7-5-12)10-17(21(23,24)25)30(20)29-18/h3-10H,1-2H3,(H,26,31). The fourth-order valence-electron chi connectivity index (χ4n) is 2.98. The van der Waals surface area contributed by atoms with Gasteiger partial charge in [0.25, 0.3) is 11.7 Å². The Morgan fingerprint density at radius 1 is 1.09 bits per heavy atom. The lowest BCUT2D eigenvalue weighted by Crippen LogP contribution is -2.16. The number of hydrogen-bond donors (Lipinski definition) is 1.